The molecule has 0 aromatic carbocycles. The molecule has 0 aromatic heterocycles. The molecule has 0 spiro atoms. The van der Waals surface area contributed by atoms with Gasteiger partial charge < -0.3 is 15.2 Å². The number of amides is 1. The van der Waals surface area contributed by atoms with Crippen LogP contribution in [-0.2, 0) is 14.3 Å². The maximum absolute atomic E-state index is 11.5. The van der Waals surface area contributed by atoms with Crippen molar-refractivity contribution < 1.29 is 19.4 Å². The molecule has 0 aromatic rings. The summed E-state index contributed by atoms with van der Waals surface area (Å²) >= 11 is 0. The molecule has 5 heteroatoms. The number of aliphatic hydroxyl groups is 1. The fourth-order valence-corrected chi connectivity index (χ4v) is 1.13. The van der Waals surface area contributed by atoms with Gasteiger partial charge in [0, 0.05) is 19.0 Å². The smallest absolute Gasteiger partial charge is 0.333 e. The zero-order valence-corrected chi connectivity index (χ0v) is 9.78. The summed E-state index contributed by atoms with van der Waals surface area (Å²) in [6.07, 6.45) is 2.36. The predicted octanol–water partition coefficient (Wildman–Crippen LogP) is 0.730. The van der Waals surface area contributed by atoms with Crippen molar-refractivity contribution >= 4 is 11.9 Å². The summed E-state index contributed by atoms with van der Waals surface area (Å²) in [5, 5.41) is 12.4. The number of hydrogen-bond donors (Lipinski definition) is 2. The highest BCUT2D eigenvalue weighted by Crippen LogP contribution is 2.17. The number of nitrogens with one attached hydrogen (secondary N) is 1. The molecule has 5 nitrogen and oxygen atoms in total. The quantitative estimate of drug-likeness (QED) is 0.383. The maximum Gasteiger partial charge on any atom is 0.333 e. The van der Waals surface area contributed by atoms with Crippen molar-refractivity contribution in [1.29, 1.82) is 0 Å². The molecular formula is C11H19NO4. The Bertz CT molecular complexity index is 265. The average molecular weight is 229 g/mol. The third-order valence-corrected chi connectivity index (χ3v) is 2.00. The van der Waals surface area contributed by atoms with Gasteiger partial charge in [0.1, 0.15) is 0 Å². The monoisotopic (exact) mass is 229 g/mol. The SMILES string of the molecule is C=CC(=O)O[C@@](O)(CCCC)C(=O)NCC. The van der Waals surface area contributed by atoms with Crippen LogP contribution < -0.4 is 5.32 Å². The average Bonchev–Trinajstić information content (AvgIpc) is 2.26. The van der Waals surface area contributed by atoms with Crippen molar-refractivity contribution in [3.05, 3.63) is 12.7 Å². The van der Waals surface area contributed by atoms with Gasteiger partial charge in [0.15, 0.2) is 0 Å². The third kappa shape index (κ3) is 4.44. The number of likely N-dealkylation sites (N-methyl/N-ethyl adjacent to an activating group) is 1. The Morgan fingerprint density at radius 2 is 2.12 bits per heavy atom. The van der Waals surface area contributed by atoms with Crippen LogP contribution in [0.25, 0.3) is 0 Å². The topological polar surface area (TPSA) is 75.6 Å². The zero-order chi connectivity index (χ0) is 12.6. The van der Waals surface area contributed by atoms with Crippen molar-refractivity contribution in [2.24, 2.45) is 0 Å². The van der Waals surface area contributed by atoms with Crippen LogP contribution in [0.4, 0.5) is 0 Å². The normalized spacial score (nSPS) is 13.7. The number of esters is 1. The number of carbonyl (C=O) groups excluding carboxylic acids is 2. The van der Waals surface area contributed by atoms with Crippen LogP contribution in [0.1, 0.15) is 33.1 Å². The van der Waals surface area contributed by atoms with Gasteiger partial charge in [0.2, 0.25) is 0 Å². The standard InChI is InChI=1S/C11H19NO4/c1-4-7-8-11(15,10(14)12-6-3)16-9(13)5-2/h5,15H,2,4,6-8H2,1,3H3,(H,12,14)/t11-/m0/s1. The lowest BCUT2D eigenvalue weighted by Gasteiger charge is -2.25. The van der Waals surface area contributed by atoms with Gasteiger partial charge in [0.05, 0.1) is 0 Å². The molecule has 0 aliphatic carbocycles. The molecule has 0 saturated heterocycles. The van der Waals surface area contributed by atoms with Crippen molar-refractivity contribution in [3.8, 4) is 0 Å². The Kier molecular flexibility index (Phi) is 6.41. The van der Waals surface area contributed by atoms with Crippen LogP contribution in [0, 0.1) is 0 Å². The molecule has 16 heavy (non-hydrogen) atoms. The van der Waals surface area contributed by atoms with Crippen molar-refractivity contribution in [3.63, 3.8) is 0 Å². The predicted molar refractivity (Wildman–Crippen MR) is 59.4 cm³/mol. The minimum atomic E-state index is -2.09. The minimum Gasteiger partial charge on any atom is -0.420 e. The highest BCUT2D eigenvalue weighted by atomic mass is 16.7. The number of ether oxygens (including phenoxy) is 1. The van der Waals surface area contributed by atoms with Crippen molar-refractivity contribution in [2.45, 2.75) is 38.9 Å². The van der Waals surface area contributed by atoms with E-state index in [0.29, 0.717) is 13.0 Å². The molecule has 0 fully saturated rings. The number of unbranched alkanes of at least 4 members (excludes halogenated alkanes) is 1. The molecule has 0 heterocycles. The van der Waals surface area contributed by atoms with Gasteiger partial charge in [-0.2, -0.15) is 0 Å². The van der Waals surface area contributed by atoms with Crippen molar-refractivity contribution in [2.75, 3.05) is 6.54 Å². The number of rotatable bonds is 7. The molecule has 0 aliphatic heterocycles. The highest BCUT2D eigenvalue weighted by Gasteiger charge is 2.38. The fourth-order valence-electron chi connectivity index (χ4n) is 1.13. The van der Waals surface area contributed by atoms with Gasteiger partial charge in [-0.1, -0.05) is 19.9 Å². The van der Waals surface area contributed by atoms with E-state index in [1.807, 2.05) is 6.92 Å². The zero-order valence-electron chi connectivity index (χ0n) is 9.78. The first-order valence-electron chi connectivity index (χ1n) is 5.36. The molecular weight excluding hydrogens is 210 g/mol. The van der Waals surface area contributed by atoms with E-state index in [4.69, 9.17) is 4.74 Å². The lowest BCUT2D eigenvalue weighted by molar-refractivity contribution is -0.210. The Morgan fingerprint density at radius 1 is 1.50 bits per heavy atom. The van der Waals surface area contributed by atoms with Crippen LogP contribution in [0.3, 0.4) is 0 Å². The summed E-state index contributed by atoms with van der Waals surface area (Å²) in [5.74, 6) is -3.60. The largest absolute Gasteiger partial charge is 0.420 e. The molecule has 0 bridgehead atoms. The summed E-state index contributed by atoms with van der Waals surface area (Å²) in [5.41, 5.74) is 0. The lowest BCUT2D eigenvalue weighted by atomic mass is 10.1. The molecule has 0 unspecified atom stereocenters. The first-order chi connectivity index (χ1) is 7.50. The second kappa shape index (κ2) is 7.00. The Morgan fingerprint density at radius 3 is 2.56 bits per heavy atom. The van der Waals surface area contributed by atoms with Crippen LogP contribution >= 0.6 is 0 Å². The molecule has 92 valence electrons. The Balaban J connectivity index is 4.64. The van der Waals surface area contributed by atoms with E-state index >= 15 is 0 Å². The number of hydrogen-bond acceptors (Lipinski definition) is 4. The van der Waals surface area contributed by atoms with Gasteiger partial charge in [0.25, 0.3) is 11.7 Å². The summed E-state index contributed by atoms with van der Waals surface area (Å²) < 4.78 is 4.69. The molecule has 0 radical (unpaired) electrons. The maximum atomic E-state index is 11.5. The lowest BCUT2D eigenvalue weighted by Crippen LogP contribution is -2.49. The Hall–Kier alpha value is -1.36. The Labute approximate surface area is 95.5 Å². The number of carbonyl (C=O) groups is 2. The van der Waals surface area contributed by atoms with E-state index in [0.717, 1.165) is 12.5 Å². The van der Waals surface area contributed by atoms with E-state index in [1.165, 1.54) is 0 Å². The molecule has 2 N–H and O–H groups in total. The van der Waals surface area contributed by atoms with Crippen LogP contribution in [0.15, 0.2) is 12.7 Å². The van der Waals surface area contributed by atoms with Crippen LogP contribution in [0.2, 0.25) is 0 Å². The summed E-state index contributed by atoms with van der Waals surface area (Å²) in [6.45, 7) is 7.20. The molecule has 0 saturated carbocycles. The van der Waals surface area contributed by atoms with Crippen LogP contribution in [0.5, 0.6) is 0 Å². The third-order valence-electron chi connectivity index (χ3n) is 2.00. The summed E-state index contributed by atoms with van der Waals surface area (Å²) in [6, 6.07) is 0. The fraction of sp³-hybridized carbons (Fsp3) is 0.636. The van der Waals surface area contributed by atoms with E-state index in [-0.39, 0.29) is 6.42 Å². The first-order valence-corrected chi connectivity index (χ1v) is 5.36. The van der Waals surface area contributed by atoms with Gasteiger partial charge in [-0.25, -0.2) is 4.79 Å². The summed E-state index contributed by atoms with van der Waals surface area (Å²) in [4.78, 5) is 22.6. The first kappa shape index (κ1) is 14.6. The van der Waals surface area contributed by atoms with E-state index < -0.39 is 17.7 Å². The van der Waals surface area contributed by atoms with Gasteiger partial charge >= 0.3 is 5.97 Å². The molecule has 1 amide bonds. The second-order valence-corrected chi connectivity index (χ2v) is 3.37. The van der Waals surface area contributed by atoms with Gasteiger partial charge in [-0.15, -0.1) is 0 Å². The van der Waals surface area contributed by atoms with E-state index in [9.17, 15) is 14.7 Å². The highest BCUT2D eigenvalue weighted by molar-refractivity contribution is 5.88. The molecule has 0 rings (SSSR count). The van der Waals surface area contributed by atoms with E-state index in [2.05, 4.69) is 11.9 Å². The van der Waals surface area contributed by atoms with Crippen molar-refractivity contribution in [1.82, 2.24) is 5.32 Å². The molecule has 0 aliphatic rings. The summed E-state index contributed by atoms with van der Waals surface area (Å²) in [7, 11) is 0. The second-order valence-electron chi connectivity index (χ2n) is 3.37. The van der Waals surface area contributed by atoms with E-state index in [1.54, 1.807) is 6.92 Å². The minimum absolute atomic E-state index is 0.0783. The van der Waals surface area contributed by atoms with Gasteiger partial charge in [-0.3, -0.25) is 4.79 Å². The van der Waals surface area contributed by atoms with Gasteiger partial charge in [-0.05, 0) is 13.3 Å². The van der Waals surface area contributed by atoms with Crippen LogP contribution in [-0.4, -0.2) is 29.3 Å². The molecule has 1 atom stereocenters.